The number of hydrogen-bond acceptors (Lipinski definition) is 5. The number of carbonyl (C=O) groups excluding carboxylic acids is 1. The average molecular weight is 345 g/mol. The van der Waals surface area contributed by atoms with Gasteiger partial charge < -0.3 is 14.5 Å². The fraction of sp³-hybridized carbons (Fsp3) is 0.444. The normalized spacial score (nSPS) is 11.4. The second-order valence-corrected chi connectivity index (χ2v) is 6.84. The topological polar surface area (TPSA) is 96.5 Å². The van der Waals surface area contributed by atoms with Crippen molar-refractivity contribution < 1.29 is 19.2 Å². The molecule has 1 heterocycles. The summed E-state index contributed by atoms with van der Waals surface area (Å²) < 4.78 is 5.34. The molecule has 134 valence electrons. The second-order valence-electron chi connectivity index (χ2n) is 6.84. The molecule has 0 saturated carbocycles. The fourth-order valence-electron chi connectivity index (χ4n) is 2.35. The number of aromatic nitrogens is 2. The summed E-state index contributed by atoms with van der Waals surface area (Å²) in [5.74, 6) is -0.621. The van der Waals surface area contributed by atoms with Crippen LogP contribution in [0, 0.1) is 0 Å². The van der Waals surface area contributed by atoms with Crippen LogP contribution >= 0.6 is 0 Å². The Kier molecular flexibility index (Phi) is 5.56. The number of aliphatic carboxylic acids is 1. The van der Waals surface area contributed by atoms with E-state index in [2.05, 4.69) is 10.1 Å². The standard InChI is InChI=1S/C18H23N3O4/c1-5-10-21(11-14(22)23)16(24)13-9-7-6-8-12(13)15-19-17(20-25-15)18(2,3)4/h6-9H,5,10-11H2,1-4H3,(H,22,23). The lowest BCUT2D eigenvalue weighted by Gasteiger charge is -2.20. The predicted molar refractivity (Wildman–Crippen MR) is 92.3 cm³/mol. The zero-order chi connectivity index (χ0) is 18.6. The van der Waals surface area contributed by atoms with Crippen LogP contribution in [0.2, 0.25) is 0 Å². The Balaban J connectivity index is 2.41. The maximum Gasteiger partial charge on any atom is 0.323 e. The maximum atomic E-state index is 12.8. The summed E-state index contributed by atoms with van der Waals surface area (Å²) in [4.78, 5) is 29.6. The van der Waals surface area contributed by atoms with Crippen LogP contribution in [0.5, 0.6) is 0 Å². The van der Waals surface area contributed by atoms with E-state index in [-0.39, 0.29) is 23.8 Å². The number of carboxylic acids is 1. The van der Waals surface area contributed by atoms with E-state index >= 15 is 0 Å². The van der Waals surface area contributed by atoms with Gasteiger partial charge in [-0.05, 0) is 18.6 Å². The number of rotatable bonds is 6. The van der Waals surface area contributed by atoms with Gasteiger partial charge in [0.1, 0.15) is 6.54 Å². The minimum absolute atomic E-state index is 0.251. The van der Waals surface area contributed by atoms with Gasteiger partial charge in [0.15, 0.2) is 5.82 Å². The van der Waals surface area contributed by atoms with Gasteiger partial charge in [0.25, 0.3) is 11.8 Å². The third-order valence-electron chi connectivity index (χ3n) is 3.59. The van der Waals surface area contributed by atoms with E-state index in [1.165, 1.54) is 4.90 Å². The summed E-state index contributed by atoms with van der Waals surface area (Å²) in [5, 5.41) is 13.0. The molecule has 1 aromatic heterocycles. The molecule has 0 radical (unpaired) electrons. The zero-order valence-electron chi connectivity index (χ0n) is 14.9. The van der Waals surface area contributed by atoms with Crippen LogP contribution in [0.25, 0.3) is 11.5 Å². The van der Waals surface area contributed by atoms with Crippen molar-refractivity contribution in [2.24, 2.45) is 0 Å². The average Bonchev–Trinajstić information content (AvgIpc) is 3.03. The van der Waals surface area contributed by atoms with E-state index in [1.54, 1.807) is 24.3 Å². The number of nitrogens with zero attached hydrogens (tertiary/aromatic N) is 3. The highest BCUT2D eigenvalue weighted by Crippen LogP contribution is 2.26. The van der Waals surface area contributed by atoms with Gasteiger partial charge >= 0.3 is 5.97 Å². The molecular formula is C18H23N3O4. The molecule has 0 aliphatic rings. The van der Waals surface area contributed by atoms with Gasteiger partial charge in [-0.1, -0.05) is 45.0 Å². The maximum absolute atomic E-state index is 12.8. The molecule has 1 amide bonds. The van der Waals surface area contributed by atoms with Crippen LogP contribution in [0.4, 0.5) is 0 Å². The quantitative estimate of drug-likeness (QED) is 0.864. The monoisotopic (exact) mass is 345 g/mol. The van der Waals surface area contributed by atoms with Gasteiger partial charge in [-0.25, -0.2) is 0 Å². The molecule has 0 bridgehead atoms. The molecule has 0 fully saturated rings. The van der Waals surface area contributed by atoms with E-state index in [1.807, 2.05) is 27.7 Å². The molecule has 1 N–H and O–H groups in total. The van der Waals surface area contributed by atoms with Gasteiger partial charge in [0.2, 0.25) is 0 Å². The van der Waals surface area contributed by atoms with Gasteiger partial charge in [0, 0.05) is 12.0 Å². The lowest BCUT2D eigenvalue weighted by Crippen LogP contribution is -2.36. The van der Waals surface area contributed by atoms with Crippen LogP contribution < -0.4 is 0 Å². The summed E-state index contributed by atoms with van der Waals surface area (Å²) in [7, 11) is 0. The van der Waals surface area contributed by atoms with Crippen molar-refractivity contribution in [3.8, 4) is 11.5 Å². The third-order valence-corrected chi connectivity index (χ3v) is 3.59. The van der Waals surface area contributed by atoms with Crippen molar-refractivity contribution in [3.63, 3.8) is 0 Å². The lowest BCUT2D eigenvalue weighted by atomic mass is 9.96. The smallest absolute Gasteiger partial charge is 0.323 e. The fourth-order valence-corrected chi connectivity index (χ4v) is 2.35. The van der Waals surface area contributed by atoms with E-state index < -0.39 is 5.97 Å². The molecule has 0 unspecified atom stereocenters. The summed E-state index contributed by atoms with van der Waals surface area (Å²) in [6, 6.07) is 6.86. The SMILES string of the molecule is CCCN(CC(=O)O)C(=O)c1ccccc1-c1nc(C(C)(C)C)no1. The van der Waals surface area contributed by atoms with E-state index in [9.17, 15) is 9.59 Å². The van der Waals surface area contributed by atoms with E-state index in [0.717, 1.165) is 0 Å². The Morgan fingerprint density at radius 2 is 1.92 bits per heavy atom. The molecule has 0 saturated heterocycles. The first-order valence-corrected chi connectivity index (χ1v) is 8.18. The van der Waals surface area contributed by atoms with E-state index in [0.29, 0.717) is 29.9 Å². The number of carbonyl (C=O) groups is 2. The molecule has 2 aromatic rings. The van der Waals surface area contributed by atoms with Crippen LogP contribution in [-0.2, 0) is 10.2 Å². The minimum atomic E-state index is -1.05. The number of hydrogen-bond donors (Lipinski definition) is 1. The first kappa shape index (κ1) is 18.6. The molecule has 0 atom stereocenters. The van der Waals surface area contributed by atoms with Crippen molar-refractivity contribution in [2.75, 3.05) is 13.1 Å². The van der Waals surface area contributed by atoms with Crippen molar-refractivity contribution in [3.05, 3.63) is 35.7 Å². The van der Waals surface area contributed by atoms with Gasteiger partial charge in [-0.3, -0.25) is 9.59 Å². The summed E-state index contributed by atoms with van der Waals surface area (Å²) >= 11 is 0. The van der Waals surface area contributed by atoms with Gasteiger partial charge in [-0.2, -0.15) is 4.98 Å². The molecule has 2 rings (SSSR count). The Morgan fingerprint density at radius 3 is 2.48 bits per heavy atom. The van der Waals surface area contributed by atoms with Crippen LogP contribution in [0.1, 0.15) is 50.3 Å². The second kappa shape index (κ2) is 7.46. The Bertz CT molecular complexity index is 762. The minimum Gasteiger partial charge on any atom is -0.480 e. The molecule has 0 aliphatic heterocycles. The number of benzene rings is 1. The first-order chi connectivity index (χ1) is 11.7. The van der Waals surface area contributed by atoms with Crippen molar-refractivity contribution in [2.45, 2.75) is 39.5 Å². The number of carboxylic acid groups (broad SMARTS) is 1. The predicted octanol–water partition coefficient (Wildman–Crippen LogP) is 2.97. The highest BCUT2D eigenvalue weighted by atomic mass is 16.5. The Labute approximate surface area is 146 Å². The molecule has 25 heavy (non-hydrogen) atoms. The molecule has 0 aliphatic carbocycles. The molecular weight excluding hydrogens is 322 g/mol. The van der Waals surface area contributed by atoms with Crippen molar-refractivity contribution >= 4 is 11.9 Å². The first-order valence-electron chi connectivity index (χ1n) is 8.18. The molecule has 7 nitrogen and oxygen atoms in total. The third kappa shape index (κ3) is 4.43. The lowest BCUT2D eigenvalue weighted by molar-refractivity contribution is -0.137. The van der Waals surface area contributed by atoms with Crippen molar-refractivity contribution in [1.82, 2.24) is 15.0 Å². The van der Waals surface area contributed by atoms with Crippen molar-refractivity contribution in [1.29, 1.82) is 0 Å². The van der Waals surface area contributed by atoms with Crippen LogP contribution in [-0.4, -0.2) is 45.1 Å². The molecule has 0 spiro atoms. The Morgan fingerprint density at radius 1 is 1.24 bits per heavy atom. The molecule has 7 heteroatoms. The highest BCUT2D eigenvalue weighted by molar-refractivity contribution is 6.01. The Hall–Kier alpha value is -2.70. The van der Waals surface area contributed by atoms with Crippen LogP contribution in [0.15, 0.2) is 28.8 Å². The van der Waals surface area contributed by atoms with Gasteiger partial charge in [0.05, 0.1) is 11.1 Å². The van der Waals surface area contributed by atoms with Gasteiger partial charge in [-0.15, -0.1) is 0 Å². The summed E-state index contributed by atoms with van der Waals surface area (Å²) in [6.07, 6.45) is 0.663. The summed E-state index contributed by atoms with van der Waals surface area (Å²) in [5.41, 5.74) is 0.571. The zero-order valence-corrected chi connectivity index (χ0v) is 14.9. The highest BCUT2D eigenvalue weighted by Gasteiger charge is 2.25. The van der Waals surface area contributed by atoms with E-state index in [4.69, 9.17) is 9.63 Å². The largest absolute Gasteiger partial charge is 0.480 e. The molecule has 1 aromatic carbocycles. The van der Waals surface area contributed by atoms with Crippen LogP contribution in [0.3, 0.4) is 0 Å². The number of amides is 1. The summed E-state index contributed by atoms with van der Waals surface area (Å²) in [6.45, 7) is 7.80.